The number of carbonyl (C=O) groups excluding carboxylic acids is 2. The molecule has 1 aromatic heterocycles. The van der Waals surface area contributed by atoms with Gasteiger partial charge in [0.25, 0.3) is 5.91 Å². The van der Waals surface area contributed by atoms with Crippen LogP contribution in [0.1, 0.15) is 34.8 Å². The van der Waals surface area contributed by atoms with E-state index in [4.69, 9.17) is 0 Å². The van der Waals surface area contributed by atoms with Crippen molar-refractivity contribution in [3.8, 4) is 0 Å². The van der Waals surface area contributed by atoms with Crippen LogP contribution in [-0.2, 0) is 4.79 Å². The standard InChI is InChI=1S/C25H24N4O2S/c1-32-25(11-12-25)24(31)28-22(18-10-9-16-5-2-3-6-17(16)13-18)15-26-23(30)19-7-4-8-21-20(19)14-27-29-21/h2-10,13-14,22H,11-12,15H2,1H3,(H,26,30)(H,27,29)(H,28,31). The molecule has 0 radical (unpaired) electrons. The molecule has 1 heterocycles. The van der Waals surface area contributed by atoms with Gasteiger partial charge in [-0.2, -0.15) is 5.10 Å². The number of rotatable bonds is 7. The van der Waals surface area contributed by atoms with Crippen LogP contribution in [0.4, 0.5) is 0 Å². The molecule has 6 nitrogen and oxygen atoms in total. The van der Waals surface area contributed by atoms with Crippen molar-refractivity contribution in [1.29, 1.82) is 0 Å². The van der Waals surface area contributed by atoms with Crippen molar-refractivity contribution in [1.82, 2.24) is 20.8 Å². The number of hydrogen-bond acceptors (Lipinski definition) is 4. The molecule has 5 rings (SSSR count). The molecule has 32 heavy (non-hydrogen) atoms. The van der Waals surface area contributed by atoms with Crippen LogP contribution in [0.2, 0.25) is 0 Å². The Balaban J connectivity index is 1.40. The second-order valence-electron chi connectivity index (χ2n) is 8.18. The van der Waals surface area contributed by atoms with Crippen molar-refractivity contribution in [2.75, 3.05) is 12.8 Å². The zero-order valence-electron chi connectivity index (χ0n) is 17.7. The average Bonchev–Trinajstić information content (AvgIpc) is 3.49. The normalized spacial score (nSPS) is 15.4. The van der Waals surface area contributed by atoms with Gasteiger partial charge >= 0.3 is 0 Å². The molecule has 3 N–H and O–H groups in total. The third kappa shape index (κ3) is 3.84. The SMILES string of the molecule is CSC1(C(=O)NC(CNC(=O)c2cccc3[nH]ncc23)c2ccc3ccccc3c2)CC1. The van der Waals surface area contributed by atoms with E-state index in [1.165, 1.54) is 0 Å². The Labute approximate surface area is 190 Å². The van der Waals surface area contributed by atoms with Crippen LogP contribution in [0.5, 0.6) is 0 Å². The van der Waals surface area contributed by atoms with Crippen molar-refractivity contribution >= 4 is 45.3 Å². The minimum atomic E-state index is -0.332. The van der Waals surface area contributed by atoms with Gasteiger partial charge in [0, 0.05) is 11.9 Å². The molecule has 1 atom stereocenters. The smallest absolute Gasteiger partial charge is 0.252 e. The van der Waals surface area contributed by atoms with E-state index in [-0.39, 0.29) is 22.6 Å². The number of H-pyrrole nitrogens is 1. The quantitative estimate of drug-likeness (QED) is 0.399. The number of benzene rings is 3. The van der Waals surface area contributed by atoms with Gasteiger partial charge < -0.3 is 10.6 Å². The minimum absolute atomic E-state index is 0.0364. The molecular formula is C25H24N4O2S. The zero-order valence-corrected chi connectivity index (χ0v) is 18.5. The molecule has 162 valence electrons. The Morgan fingerprint density at radius 3 is 2.69 bits per heavy atom. The Morgan fingerprint density at radius 1 is 1.09 bits per heavy atom. The fraction of sp³-hybridized carbons (Fsp3) is 0.240. The van der Waals surface area contributed by atoms with Gasteiger partial charge in [0.1, 0.15) is 0 Å². The molecule has 1 unspecified atom stereocenters. The van der Waals surface area contributed by atoms with Crippen LogP contribution in [0.3, 0.4) is 0 Å². The maximum atomic E-state index is 13.0. The fourth-order valence-electron chi connectivity index (χ4n) is 4.06. The summed E-state index contributed by atoms with van der Waals surface area (Å²) in [4.78, 5) is 26.0. The van der Waals surface area contributed by atoms with Gasteiger partial charge in [0.15, 0.2) is 0 Å². The highest BCUT2D eigenvalue weighted by atomic mass is 32.2. The topological polar surface area (TPSA) is 86.9 Å². The van der Waals surface area contributed by atoms with Crippen LogP contribution in [0, 0.1) is 0 Å². The Bertz CT molecular complexity index is 1310. The first-order valence-electron chi connectivity index (χ1n) is 10.6. The van der Waals surface area contributed by atoms with Crippen LogP contribution < -0.4 is 10.6 Å². The van der Waals surface area contributed by atoms with Crippen LogP contribution in [0.15, 0.2) is 66.9 Å². The van der Waals surface area contributed by atoms with E-state index in [0.717, 1.165) is 40.1 Å². The summed E-state index contributed by atoms with van der Waals surface area (Å²) in [5.41, 5.74) is 2.34. The summed E-state index contributed by atoms with van der Waals surface area (Å²) in [7, 11) is 0. The molecule has 0 spiro atoms. The lowest BCUT2D eigenvalue weighted by Gasteiger charge is -2.23. The number of carbonyl (C=O) groups is 2. The molecular weight excluding hydrogens is 420 g/mol. The summed E-state index contributed by atoms with van der Waals surface area (Å²) in [6.45, 7) is 0.293. The summed E-state index contributed by atoms with van der Waals surface area (Å²) in [6.07, 6.45) is 5.41. The average molecular weight is 445 g/mol. The van der Waals surface area contributed by atoms with Crippen molar-refractivity contribution in [3.63, 3.8) is 0 Å². The van der Waals surface area contributed by atoms with Crippen LogP contribution in [-0.4, -0.2) is 39.6 Å². The first-order valence-corrected chi connectivity index (χ1v) is 11.9. The third-order valence-corrected chi connectivity index (χ3v) is 7.56. The summed E-state index contributed by atoms with van der Waals surface area (Å²) in [5.74, 6) is -0.155. The van der Waals surface area contributed by atoms with E-state index >= 15 is 0 Å². The highest BCUT2D eigenvalue weighted by Gasteiger charge is 2.49. The van der Waals surface area contributed by atoms with Gasteiger partial charge in [-0.05, 0) is 53.6 Å². The number of fused-ring (bicyclic) bond motifs is 2. The lowest BCUT2D eigenvalue weighted by molar-refractivity contribution is -0.122. The van der Waals surface area contributed by atoms with Gasteiger partial charge in [0.2, 0.25) is 5.91 Å². The molecule has 3 aromatic carbocycles. The maximum Gasteiger partial charge on any atom is 0.252 e. The van der Waals surface area contributed by atoms with E-state index in [1.54, 1.807) is 24.0 Å². The van der Waals surface area contributed by atoms with Gasteiger partial charge in [-0.25, -0.2) is 0 Å². The lowest BCUT2D eigenvalue weighted by Crippen LogP contribution is -2.42. The molecule has 4 aromatic rings. The molecule has 0 saturated heterocycles. The zero-order chi connectivity index (χ0) is 22.1. The molecule has 2 amide bonds. The van der Waals surface area contributed by atoms with E-state index in [0.29, 0.717) is 12.1 Å². The number of amides is 2. The summed E-state index contributed by atoms with van der Waals surface area (Å²) in [6, 6.07) is 19.5. The second kappa shape index (κ2) is 8.31. The molecule has 0 aliphatic heterocycles. The molecule has 0 bridgehead atoms. The van der Waals surface area contributed by atoms with Gasteiger partial charge in [-0.3, -0.25) is 14.7 Å². The molecule has 1 fully saturated rings. The first-order chi connectivity index (χ1) is 15.6. The Hall–Kier alpha value is -3.32. The number of hydrogen-bond donors (Lipinski definition) is 3. The number of thioether (sulfide) groups is 1. The van der Waals surface area contributed by atoms with Crippen molar-refractivity contribution in [3.05, 3.63) is 78.0 Å². The largest absolute Gasteiger partial charge is 0.350 e. The van der Waals surface area contributed by atoms with Crippen LogP contribution >= 0.6 is 11.8 Å². The predicted octanol–water partition coefficient (Wildman–Crippen LogP) is 4.20. The van der Waals surface area contributed by atoms with Gasteiger partial charge in [-0.15, -0.1) is 11.8 Å². The van der Waals surface area contributed by atoms with Crippen molar-refractivity contribution in [2.24, 2.45) is 0 Å². The molecule has 1 saturated carbocycles. The number of aromatic nitrogens is 2. The third-order valence-electron chi connectivity index (χ3n) is 6.19. The van der Waals surface area contributed by atoms with Crippen LogP contribution in [0.25, 0.3) is 21.7 Å². The van der Waals surface area contributed by atoms with E-state index < -0.39 is 0 Å². The number of nitrogens with zero attached hydrogens (tertiary/aromatic N) is 1. The molecule has 7 heteroatoms. The van der Waals surface area contributed by atoms with E-state index in [1.807, 2.05) is 36.6 Å². The first kappa shape index (κ1) is 20.6. The Kier molecular flexibility index (Phi) is 5.35. The highest BCUT2D eigenvalue weighted by Crippen LogP contribution is 2.47. The maximum absolute atomic E-state index is 13.0. The molecule has 1 aliphatic rings. The van der Waals surface area contributed by atoms with Gasteiger partial charge in [0.05, 0.1) is 28.1 Å². The summed E-state index contributed by atoms with van der Waals surface area (Å²) in [5, 5.41) is 16.2. The highest BCUT2D eigenvalue weighted by molar-refractivity contribution is 8.01. The second-order valence-corrected chi connectivity index (χ2v) is 9.37. The lowest BCUT2D eigenvalue weighted by atomic mass is 10.0. The number of aromatic amines is 1. The van der Waals surface area contributed by atoms with E-state index in [9.17, 15) is 9.59 Å². The molecule has 1 aliphatic carbocycles. The van der Waals surface area contributed by atoms with E-state index in [2.05, 4.69) is 45.1 Å². The minimum Gasteiger partial charge on any atom is -0.350 e. The number of nitrogens with one attached hydrogen (secondary N) is 3. The van der Waals surface area contributed by atoms with Crippen molar-refractivity contribution in [2.45, 2.75) is 23.6 Å². The Morgan fingerprint density at radius 2 is 1.91 bits per heavy atom. The predicted molar refractivity (Wildman–Crippen MR) is 129 cm³/mol. The summed E-state index contributed by atoms with van der Waals surface area (Å²) >= 11 is 1.60. The summed E-state index contributed by atoms with van der Waals surface area (Å²) < 4.78 is -0.332. The fourth-order valence-corrected chi connectivity index (χ4v) is 4.81. The monoisotopic (exact) mass is 444 g/mol. The van der Waals surface area contributed by atoms with Gasteiger partial charge in [-0.1, -0.05) is 42.5 Å². The van der Waals surface area contributed by atoms with Crippen molar-refractivity contribution < 1.29 is 9.59 Å².